The van der Waals surface area contributed by atoms with Crippen molar-refractivity contribution in [2.45, 2.75) is 19.4 Å². The summed E-state index contributed by atoms with van der Waals surface area (Å²) in [6.45, 7) is 2.75. The molecule has 2 N–H and O–H groups in total. The second-order valence-electron chi connectivity index (χ2n) is 3.23. The Kier molecular flexibility index (Phi) is 3.93. The molecule has 0 radical (unpaired) electrons. The summed E-state index contributed by atoms with van der Waals surface area (Å²) in [4.78, 5) is 0. The van der Waals surface area contributed by atoms with Gasteiger partial charge in [0.2, 0.25) is 0 Å². The van der Waals surface area contributed by atoms with Crippen molar-refractivity contribution >= 4 is 0 Å². The summed E-state index contributed by atoms with van der Waals surface area (Å²) in [7, 11) is 1.94. The lowest BCUT2D eigenvalue weighted by Gasteiger charge is -2.11. The van der Waals surface area contributed by atoms with E-state index in [1.807, 2.05) is 25.2 Å². The van der Waals surface area contributed by atoms with E-state index < -0.39 is 0 Å². The van der Waals surface area contributed by atoms with Gasteiger partial charge in [-0.25, -0.2) is 0 Å². The maximum absolute atomic E-state index is 9.48. The molecule has 0 aliphatic rings. The molecule has 0 amide bonds. The minimum atomic E-state index is -0.368. The van der Waals surface area contributed by atoms with Crippen molar-refractivity contribution in [1.29, 1.82) is 0 Å². The van der Waals surface area contributed by atoms with Crippen LogP contribution < -0.4 is 5.32 Å². The van der Waals surface area contributed by atoms with Crippen LogP contribution in [0.1, 0.15) is 24.2 Å². The van der Waals surface area contributed by atoms with Gasteiger partial charge in [0.1, 0.15) is 0 Å². The minimum Gasteiger partial charge on any atom is -0.389 e. The number of benzene rings is 1. The number of rotatable bonds is 4. The van der Waals surface area contributed by atoms with E-state index in [9.17, 15) is 5.11 Å². The fraction of sp³-hybridized carbons (Fsp3) is 0.455. The van der Waals surface area contributed by atoms with Crippen molar-refractivity contribution in [3.8, 4) is 0 Å². The molecular weight excluding hydrogens is 162 g/mol. The van der Waals surface area contributed by atoms with Crippen LogP contribution >= 0.6 is 0 Å². The molecule has 1 aromatic rings. The van der Waals surface area contributed by atoms with Crippen molar-refractivity contribution in [3.05, 3.63) is 35.4 Å². The van der Waals surface area contributed by atoms with Gasteiger partial charge in [-0.1, -0.05) is 24.3 Å². The van der Waals surface area contributed by atoms with Crippen molar-refractivity contribution in [2.24, 2.45) is 0 Å². The van der Waals surface area contributed by atoms with Gasteiger partial charge in [0.15, 0.2) is 0 Å². The van der Waals surface area contributed by atoms with Crippen LogP contribution in [0, 0.1) is 0 Å². The smallest absolute Gasteiger partial charge is 0.0764 e. The summed E-state index contributed by atoms with van der Waals surface area (Å²) in [6, 6.07) is 8.02. The summed E-state index contributed by atoms with van der Waals surface area (Å²) in [5.74, 6) is 0. The quantitative estimate of drug-likeness (QED) is 0.734. The first kappa shape index (κ1) is 10.2. The van der Waals surface area contributed by atoms with E-state index in [2.05, 4.69) is 11.4 Å². The topological polar surface area (TPSA) is 32.3 Å². The molecule has 1 unspecified atom stereocenters. The number of aliphatic hydroxyl groups is 1. The molecule has 0 fully saturated rings. The molecule has 1 aromatic carbocycles. The Labute approximate surface area is 79.6 Å². The second kappa shape index (κ2) is 5.00. The molecule has 1 atom stereocenters. The van der Waals surface area contributed by atoms with Gasteiger partial charge >= 0.3 is 0 Å². The lowest BCUT2D eigenvalue weighted by molar-refractivity contribution is 0.198. The molecule has 13 heavy (non-hydrogen) atoms. The van der Waals surface area contributed by atoms with Gasteiger partial charge in [0.05, 0.1) is 6.10 Å². The van der Waals surface area contributed by atoms with Crippen LogP contribution in [0.2, 0.25) is 0 Å². The zero-order chi connectivity index (χ0) is 9.68. The number of likely N-dealkylation sites (N-methyl/N-ethyl adjacent to an activating group) is 1. The lowest BCUT2D eigenvalue weighted by Crippen LogP contribution is -2.12. The van der Waals surface area contributed by atoms with Crippen LogP contribution in [0.25, 0.3) is 0 Å². The number of hydrogen-bond acceptors (Lipinski definition) is 2. The molecule has 0 aliphatic heterocycles. The number of hydrogen-bond donors (Lipinski definition) is 2. The maximum Gasteiger partial charge on any atom is 0.0764 e. The standard InChI is InChI=1S/C11H17NO/c1-9(13)11-6-4-3-5-10(11)7-8-12-2/h3-6,9,12-13H,7-8H2,1-2H3. The Morgan fingerprint density at radius 3 is 2.69 bits per heavy atom. The first-order valence-corrected chi connectivity index (χ1v) is 4.66. The SMILES string of the molecule is CNCCc1ccccc1C(C)O. The van der Waals surface area contributed by atoms with Crippen LogP contribution in [-0.4, -0.2) is 18.7 Å². The third-order valence-electron chi connectivity index (χ3n) is 2.15. The minimum absolute atomic E-state index is 0.368. The highest BCUT2D eigenvalue weighted by molar-refractivity contribution is 5.28. The van der Waals surface area contributed by atoms with E-state index >= 15 is 0 Å². The molecule has 0 bridgehead atoms. The van der Waals surface area contributed by atoms with Gasteiger partial charge in [-0.3, -0.25) is 0 Å². The van der Waals surface area contributed by atoms with E-state index in [0.29, 0.717) is 0 Å². The predicted octanol–water partition coefficient (Wildman–Crippen LogP) is 1.50. The van der Waals surface area contributed by atoms with Gasteiger partial charge in [0, 0.05) is 0 Å². The summed E-state index contributed by atoms with van der Waals surface area (Å²) < 4.78 is 0. The molecule has 0 spiro atoms. The molecule has 1 rings (SSSR count). The third kappa shape index (κ3) is 2.83. The Morgan fingerprint density at radius 2 is 2.08 bits per heavy atom. The fourth-order valence-electron chi connectivity index (χ4n) is 1.43. The molecule has 0 aliphatic carbocycles. The Balaban J connectivity index is 2.78. The monoisotopic (exact) mass is 179 g/mol. The maximum atomic E-state index is 9.48. The molecule has 0 saturated carbocycles. The zero-order valence-electron chi connectivity index (χ0n) is 8.25. The predicted molar refractivity (Wildman–Crippen MR) is 54.7 cm³/mol. The average molecular weight is 179 g/mol. The number of aliphatic hydroxyl groups excluding tert-OH is 1. The summed E-state index contributed by atoms with van der Waals surface area (Å²) >= 11 is 0. The Morgan fingerprint density at radius 1 is 1.38 bits per heavy atom. The Hall–Kier alpha value is -0.860. The molecule has 0 heterocycles. The van der Waals surface area contributed by atoms with E-state index in [1.165, 1.54) is 5.56 Å². The van der Waals surface area contributed by atoms with E-state index in [4.69, 9.17) is 0 Å². The normalized spacial score (nSPS) is 12.8. The Bertz CT molecular complexity index is 258. The van der Waals surface area contributed by atoms with Crippen LogP contribution in [0.3, 0.4) is 0 Å². The number of nitrogens with one attached hydrogen (secondary N) is 1. The lowest BCUT2D eigenvalue weighted by atomic mass is 10.0. The van der Waals surface area contributed by atoms with Crippen molar-refractivity contribution in [3.63, 3.8) is 0 Å². The van der Waals surface area contributed by atoms with E-state index in [0.717, 1.165) is 18.5 Å². The van der Waals surface area contributed by atoms with Crippen LogP contribution in [-0.2, 0) is 6.42 Å². The van der Waals surface area contributed by atoms with Gasteiger partial charge in [-0.15, -0.1) is 0 Å². The van der Waals surface area contributed by atoms with Gasteiger partial charge in [-0.2, -0.15) is 0 Å². The second-order valence-corrected chi connectivity index (χ2v) is 3.23. The fourth-order valence-corrected chi connectivity index (χ4v) is 1.43. The van der Waals surface area contributed by atoms with Gasteiger partial charge in [0.25, 0.3) is 0 Å². The zero-order valence-corrected chi connectivity index (χ0v) is 8.25. The van der Waals surface area contributed by atoms with E-state index in [1.54, 1.807) is 6.92 Å². The summed E-state index contributed by atoms with van der Waals surface area (Å²) in [5, 5.41) is 12.6. The highest BCUT2D eigenvalue weighted by Crippen LogP contribution is 2.17. The van der Waals surface area contributed by atoms with Gasteiger partial charge in [-0.05, 0) is 38.1 Å². The molecule has 2 nitrogen and oxygen atoms in total. The summed E-state index contributed by atoms with van der Waals surface area (Å²) in [6.07, 6.45) is 0.602. The first-order chi connectivity index (χ1) is 6.25. The van der Waals surface area contributed by atoms with Gasteiger partial charge < -0.3 is 10.4 Å². The van der Waals surface area contributed by atoms with E-state index in [-0.39, 0.29) is 6.10 Å². The van der Waals surface area contributed by atoms with Crippen molar-refractivity contribution in [2.75, 3.05) is 13.6 Å². The molecular formula is C11H17NO. The third-order valence-corrected chi connectivity index (χ3v) is 2.15. The van der Waals surface area contributed by atoms with Crippen LogP contribution in [0.5, 0.6) is 0 Å². The first-order valence-electron chi connectivity index (χ1n) is 4.66. The summed E-state index contributed by atoms with van der Waals surface area (Å²) in [5.41, 5.74) is 2.27. The molecule has 72 valence electrons. The molecule has 0 aromatic heterocycles. The van der Waals surface area contributed by atoms with Crippen LogP contribution in [0.15, 0.2) is 24.3 Å². The average Bonchev–Trinajstić information content (AvgIpc) is 2.15. The highest BCUT2D eigenvalue weighted by atomic mass is 16.3. The van der Waals surface area contributed by atoms with Crippen LogP contribution in [0.4, 0.5) is 0 Å². The molecule has 2 heteroatoms. The highest BCUT2D eigenvalue weighted by Gasteiger charge is 2.05. The largest absolute Gasteiger partial charge is 0.389 e. The molecule has 0 saturated heterocycles. The van der Waals surface area contributed by atoms with Crippen molar-refractivity contribution in [1.82, 2.24) is 5.32 Å². The van der Waals surface area contributed by atoms with Crippen molar-refractivity contribution < 1.29 is 5.11 Å².